The van der Waals surface area contributed by atoms with E-state index in [4.69, 9.17) is 26.1 Å². The van der Waals surface area contributed by atoms with E-state index in [1.165, 1.54) is 25.2 Å². The minimum atomic E-state index is -0.0756. The second kappa shape index (κ2) is 6.59. The first-order valence-electron chi connectivity index (χ1n) is 6.84. The normalized spacial score (nSPS) is 11.1. The summed E-state index contributed by atoms with van der Waals surface area (Å²) in [6.07, 6.45) is 3.08. The number of methoxy groups -OCH3 is 2. The fourth-order valence-electron chi connectivity index (χ4n) is 2.08. The van der Waals surface area contributed by atoms with Crippen LogP contribution in [0.5, 0.6) is 17.2 Å². The van der Waals surface area contributed by atoms with Crippen LogP contribution in [0.25, 0.3) is 11.6 Å². The molecule has 3 rings (SSSR count). The molecule has 0 aliphatic heterocycles. The maximum absolute atomic E-state index is 9.93. The number of furan rings is 1. The van der Waals surface area contributed by atoms with Crippen molar-refractivity contribution in [3.05, 3.63) is 40.9 Å². The monoisotopic (exact) mass is 346 g/mol. The molecule has 0 amide bonds. The van der Waals surface area contributed by atoms with Crippen molar-refractivity contribution in [1.29, 1.82) is 0 Å². The summed E-state index contributed by atoms with van der Waals surface area (Å²) in [6, 6.07) is 6.75. The number of hydrogen-bond donors (Lipinski definition) is 2. The van der Waals surface area contributed by atoms with Crippen LogP contribution < -0.4 is 9.47 Å². The molecule has 9 heteroatoms. The highest BCUT2D eigenvalue weighted by molar-refractivity contribution is 7.71. The molecule has 0 aliphatic carbocycles. The smallest absolute Gasteiger partial charge is 0.219 e. The molecule has 1 aromatic carbocycles. The molecule has 0 spiro atoms. The Labute approximate surface area is 142 Å². The van der Waals surface area contributed by atoms with Gasteiger partial charge in [-0.15, -0.1) is 5.10 Å². The van der Waals surface area contributed by atoms with E-state index >= 15 is 0 Å². The first kappa shape index (κ1) is 15.8. The zero-order valence-corrected chi connectivity index (χ0v) is 13.7. The van der Waals surface area contributed by atoms with Gasteiger partial charge in [-0.05, 0) is 36.5 Å². The lowest BCUT2D eigenvalue weighted by Gasteiger charge is -2.09. The van der Waals surface area contributed by atoms with E-state index in [1.807, 2.05) is 0 Å². The molecule has 0 bridgehead atoms. The molecule has 0 saturated heterocycles. The Morgan fingerprint density at radius 1 is 1.33 bits per heavy atom. The molecule has 124 valence electrons. The third-order valence-electron chi connectivity index (χ3n) is 3.22. The summed E-state index contributed by atoms with van der Waals surface area (Å²) in [7, 11) is 2.91. The lowest BCUT2D eigenvalue weighted by atomic mass is 10.2. The molecule has 0 atom stereocenters. The van der Waals surface area contributed by atoms with E-state index in [-0.39, 0.29) is 17.2 Å². The van der Waals surface area contributed by atoms with Crippen molar-refractivity contribution in [2.75, 3.05) is 14.2 Å². The molecule has 2 heterocycles. The Bertz CT molecular complexity index is 902. The number of H-pyrrole nitrogens is 1. The number of phenolic OH excluding ortho intramolecular Hbond substituents is 1. The lowest BCUT2D eigenvalue weighted by Crippen LogP contribution is -1.96. The SMILES string of the molecule is COc1cc(C=Nn2c(-c3ccco3)n[nH]c2=S)cc(OC)c1O. The van der Waals surface area contributed by atoms with Crippen molar-refractivity contribution in [2.24, 2.45) is 5.10 Å². The van der Waals surface area contributed by atoms with Gasteiger partial charge in [0, 0.05) is 5.56 Å². The molecule has 2 N–H and O–H groups in total. The summed E-state index contributed by atoms with van der Waals surface area (Å²) in [5, 5.41) is 21.0. The van der Waals surface area contributed by atoms with Gasteiger partial charge in [-0.1, -0.05) is 0 Å². The Kier molecular flexibility index (Phi) is 4.34. The van der Waals surface area contributed by atoms with Gasteiger partial charge >= 0.3 is 0 Å². The Hall–Kier alpha value is -3.07. The highest BCUT2D eigenvalue weighted by Crippen LogP contribution is 2.36. The summed E-state index contributed by atoms with van der Waals surface area (Å²) in [4.78, 5) is 0. The van der Waals surface area contributed by atoms with Gasteiger partial charge in [0.2, 0.25) is 16.3 Å². The summed E-state index contributed by atoms with van der Waals surface area (Å²) in [6.45, 7) is 0. The number of aromatic nitrogens is 3. The molecule has 0 unspecified atom stereocenters. The maximum atomic E-state index is 9.93. The van der Waals surface area contributed by atoms with Crippen molar-refractivity contribution >= 4 is 18.4 Å². The molecule has 0 saturated carbocycles. The van der Waals surface area contributed by atoms with Crippen LogP contribution in [0.2, 0.25) is 0 Å². The predicted octanol–water partition coefficient (Wildman–Crippen LogP) is 2.81. The third kappa shape index (κ3) is 2.88. The number of aromatic amines is 1. The topological polar surface area (TPSA) is 97.8 Å². The largest absolute Gasteiger partial charge is 0.502 e. The lowest BCUT2D eigenvalue weighted by molar-refractivity contribution is 0.340. The van der Waals surface area contributed by atoms with Gasteiger partial charge in [-0.3, -0.25) is 0 Å². The summed E-state index contributed by atoms with van der Waals surface area (Å²) in [5.74, 6) is 1.45. The third-order valence-corrected chi connectivity index (χ3v) is 3.48. The second-order valence-electron chi connectivity index (χ2n) is 4.66. The van der Waals surface area contributed by atoms with Gasteiger partial charge in [0.15, 0.2) is 17.3 Å². The zero-order chi connectivity index (χ0) is 17.1. The fourth-order valence-corrected chi connectivity index (χ4v) is 2.26. The van der Waals surface area contributed by atoms with Crippen LogP contribution in [0, 0.1) is 4.77 Å². The van der Waals surface area contributed by atoms with Crippen LogP contribution in [0.4, 0.5) is 0 Å². The summed E-state index contributed by atoms with van der Waals surface area (Å²) >= 11 is 5.18. The Morgan fingerprint density at radius 2 is 2.04 bits per heavy atom. The Balaban J connectivity index is 2.01. The van der Waals surface area contributed by atoms with Crippen LogP contribution >= 0.6 is 12.2 Å². The molecule has 0 radical (unpaired) electrons. The summed E-state index contributed by atoms with van der Waals surface area (Å²) in [5.41, 5.74) is 0.648. The number of ether oxygens (including phenoxy) is 2. The number of benzene rings is 1. The van der Waals surface area contributed by atoms with Crippen LogP contribution in [-0.4, -0.2) is 40.4 Å². The van der Waals surface area contributed by atoms with E-state index < -0.39 is 0 Å². The zero-order valence-electron chi connectivity index (χ0n) is 12.9. The number of aromatic hydroxyl groups is 1. The number of hydrogen-bond acceptors (Lipinski definition) is 7. The van der Waals surface area contributed by atoms with Crippen LogP contribution in [-0.2, 0) is 0 Å². The van der Waals surface area contributed by atoms with E-state index in [0.29, 0.717) is 21.9 Å². The van der Waals surface area contributed by atoms with E-state index in [9.17, 15) is 5.11 Å². The Morgan fingerprint density at radius 3 is 2.62 bits per heavy atom. The average molecular weight is 346 g/mol. The van der Waals surface area contributed by atoms with E-state index in [0.717, 1.165) is 0 Å². The molecule has 0 fully saturated rings. The van der Waals surface area contributed by atoms with Gasteiger partial charge in [0.05, 0.1) is 26.7 Å². The highest BCUT2D eigenvalue weighted by Gasteiger charge is 2.12. The number of nitrogens with one attached hydrogen (secondary N) is 1. The highest BCUT2D eigenvalue weighted by atomic mass is 32.1. The van der Waals surface area contributed by atoms with Crippen molar-refractivity contribution in [3.63, 3.8) is 0 Å². The molecular formula is C15H14N4O4S. The quantitative estimate of drug-likeness (QED) is 0.544. The molecule has 24 heavy (non-hydrogen) atoms. The summed E-state index contributed by atoms with van der Waals surface area (Å²) < 4.78 is 17.3. The molecule has 8 nitrogen and oxygen atoms in total. The van der Waals surface area contributed by atoms with Crippen molar-refractivity contribution in [3.8, 4) is 28.8 Å². The average Bonchev–Trinajstić information content (AvgIpc) is 3.23. The van der Waals surface area contributed by atoms with Gasteiger partial charge < -0.3 is 19.0 Å². The van der Waals surface area contributed by atoms with Gasteiger partial charge in [0.1, 0.15) is 0 Å². The van der Waals surface area contributed by atoms with Crippen molar-refractivity contribution in [1.82, 2.24) is 14.9 Å². The van der Waals surface area contributed by atoms with Crippen molar-refractivity contribution in [2.45, 2.75) is 0 Å². The minimum absolute atomic E-state index is 0.0756. The molecule has 0 aliphatic rings. The van der Waals surface area contributed by atoms with E-state index in [2.05, 4.69) is 15.3 Å². The van der Waals surface area contributed by atoms with Crippen molar-refractivity contribution < 1.29 is 19.0 Å². The minimum Gasteiger partial charge on any atom is -0.502 e. The van der Waals surface area contributed by atoms with Crippen LogP contribution in [0.1, 0.15) is 5.56 Å². The first-order valence-corrected chi connectivity index (χ1v) is 7.25. The predicted molar refractivity (Wildman–Crippen MR) is 89.3 cm³/mol. The van der Waals surface area contributed by atoms with E-state index in [1.54, 1.807) is 30.5 Å². The molecular weight excluding hydrogens is 332 g/mol. The number of rotatable bonds is 5. The maximum Gasteiger partial charge on any atom is 0.219 e. The first-order chi connectivity index (χ1) is 11.6. The molecule has 2 aromatic heterocycles. The number of nitrogens with zero attached hydrogens (tertiary/aromatic N) is 3. The molecule has 3 aromatic rings. The van der Waals surface area contributed by atoms with Gasteiger partial charge in [0.25, 0.3) is 0 Å². The van der Waals surface area contributed by atoms with Gasteiger partial charge in [-0.25, -0.2) is 5.10 Å². The second-order valence-corrected chi connectivity index (χ2v) is 5.05. The van der Waals surface area contributed by atoms with Crippen LogP contribution in [0.15, 0.2) is 40.0 Å². The van der Waals surface area contributed by atoms with Gasteiger partial charge in [-0.2, -0.15) is 9.78 Å². The fraction of sp³-hybridized carbons (Fsp3) is 0.133. The standard InChI is InChI=1S/C15H14N4O4S/c1-21-11-6-9(7-12(22-2)13(11)20)8-16-19-14(17-18-15(19)24)10-4-3-5-23-10/h3-8,20H,1-2H3,(H,18,24). The number of phenols is 1. The van der Waals surface area contributed by atoms with Crippen LogP contribution in [0.3, 0.4) is 0 Å².